The van der Waals surface area contributed by atoms with E-state index in [9.17, 15) is 4.79 Å². The van der Waals surface area contributed by atoms with Crippen molar-refractivity contribution >= 4 is 5.97 Å². The summed E-state index contributed by atoms with van der Waals surface area (Å²) in [4.78, 5) is 15.9. The highest BCUT2D eigenvalue weighted by Crippen LogP contribution is 2.30. The van der Waals surface area contributed by atoms with Crippen LogP contribution in [-0.2, 0) is 9.68 Å². The fourth-order valence-electron chi connectivity index (χ4n) is 2.59. The van der Waals surface area contributed by atoms with Crippen molar-refractivity contribution in [2.24, 2.45) is 0 Å². The molecule has 0 aliphatic carbocycles. The predicted octanol–water partition coefficient (Wildman–Crippen LogP) is 4.88. The molecule has 1 atom stereocenters. The van der Waals surface area contributed by atoms with Crippen molar-refractivity contribution in [1.82, 2.24) is 0 Å². The van der Waals surface area contributed by atoms with Crippen LogP contribution in [0, 0.1) is 0 Å². The minimum atomic E-state index is -0.547. The van der Waals surface area contributed by atoms with Crippen LogP contribution in [0.5, 0.6) is 0 Å². The fraction of sp³-hybridized carbons (Fsp3) is 0.588. The molecule has 0 fully saturated rings. The summed E-state index contributed by atoms with van der Waals surface area (Å²) in [6, 6.07) is 7.93. The zero-order chi connectivity index (χ0) is 15.0. The first-order valence-corrected chi connectivity index (χ1v) is 7.55. The molecule has 0 spiro atoms. The highest BCUT2D eigenvalue weighted by atomic mass is 17.1. The van der Waals surface area contributed by atoms with Crippen LogP contribution in [0.3, 0.4) is 0 Å². The van der Waals surface area contributed by atoms with Gasteiger partial charge < -0.3 is 4.89 Å². The lowest BCUT2D eigenvalue weighted by Gasteiger charge is -2.19. The third-order valence-corrected chi connectivity index (χ3v) is 3.71. The van der Waals surface area contributed by atoms with Crippen molar-refractivity contribution in [3.63, 3.8) is 0 Å². The van der Waals surface area contributed by atoms with E-state index in [2.05, 4.69) is 25.7 Å². The minimum absolute atomic E-state index is 0.343. The lowest BCUT2D eigenvalue weighted by molar-refractivity contribution is -0.236. The molecule has 1 unspecified atom stereocenters. The summed E-state index contributed by atoms with van der Waals surface area (Å²) >= 11 is 0. The van der Waals surface area contributed by atoms with Crippen LogP contribution >= 0.6 is 0 Å². The fourth-order valence-corrected chi connectivity index (χ4v) is 2.59. The molecule has 0 heterocycles. The molecule has 0 aliphatic rings. The number of carbonyl (C=O) groups is 1. The maximum atomic E-state index is 11.9. The van der Waals surface area contributed by atoms with Gasteiger partial charge in [-0.15, -0.1) is 0 Å². The average molecular weight is 278 g/mol. The molecule has 1 N–H and O–H groups in total. The second-order valence-electron chi connectivity index (χ2n) is 5.60. The Labute approximate surface area is 121 Å². The molecule has 1 aromatic carbocycles. The van der Waals surface area contributed by atoms with Gasteiger partial charge in [-0.05, 0) is 23.5 Å². The topological polar surface area (TPSA) is 46.5 Å². The van der Waals surface area contributed by atoms with Gasteiger partial charge in [0.25, 0.3) is 0 Å². The summed E-state index contributed by atoms with van der Waals surface area (Å²) in [6.45, 7) is 6.38. The van der Waals surface area contributed by atoms with E-state index in [1.54, 1.807) is 0 Å². The smallest absolute Gasteiger partial charge is 0.300 e. The molecule has 0 aliphatic heterocycles. The molecule has 0 radical (unpaired) electrons. The minimum Gasteiger partial charge on any atom is -0.300 e. The third-order valence-electron chi connectivity index (χ3n) is 3.71. The summed E-state index contributed by atoms with van der Waals surface area (Å²) < 4.78 is 0. The second kappa shape index (κ2) is 8.75. The average Bonchev–Trinajstić information content (AvgIpc) is 2.46. The van der Waals surface area contributed by atoms with E-state index in [0.29, 0.717) is 5.92 Å². The van der Waals surface area contributed by atoms with E-state index < -0.39 is 5.97 Å². The summed E-state index contributed by atoms with van der Waals surface area (Å²) in [5, 5.41) is 8.75. The van der Waals surface area contributed by atoms with Gasteiger partial charge in [-0.3, -0.25) is 0 Å². The molecule has 0 amide bonds. The van der Waals surface area contributed by atoms with Gasteiger partial charge in [-0.2, -0.15) is 5.26 Å². The molecule has 1 rings (SSSR count). The van der Waals surface area contributed by atoms with Crippen molar-refractivity contribution < 1.29 is 14.9 Å². The largest absolute Gasteiger partial charge is 0.349 e. The van der Waals surface area contributed by atoms with Gasteiger partial charge in [0.15, 0.2) is 0 Å². The third kappa shape index (κ3) is 4.64. The van der Waals surface area contributed by atoms with Crippen LogP contribution in [0.15, 0.2) is 24.3 Å². The Kier molecular flexibility index (Phi) is 7.31. The quantitative estimate of drug-likeness (QED) is 0.419. The van der Waals surface area contributed by atoms with Crippen molar-refractivity contribution in [3.8, 4) is 0 Å². The van der Waals surface area contributed by atoms with Crippen LogP contribution in [0.2, 0.25) is 0 Å². The van der Waals surface area contributed by atoms with Gasteiger partial charge in [0, 0.05) is 0 Å². The Morgan fingerprint density at radius 1 is 1.15 bits per heavy atom. The zero-order valence-electron chi connectivity index (χ0n) is 12.8. The van der Waals surface area contributed by atoms with Crippen LogP contribution < -0.4 is 0 Å². The van der Waals surface area contributed by atoms with Gasteiger partial charge in [0.1, 0.15) is 0 Å². The Bertz CT molecular complexity index is 412. The molecule has 3 heteroatoms. The number of hydrogen-bond donors (Lipinski definition) is 1. The van der Waals surface area contributed by atoms with Crippen molar-refractivity contribution in [2.75, 3.05) is 0 Å². The van der Waals surface area contributed by atoms with Gasteiger partial charge in [0.2, 0.25) is 0 Å². The Balaban J connectivity index is 2.90. The van der Waals surface area contributed by atoms with E-state index in [1.807, 2.05) is 24.3 Å². The molecular formula is C17H26O3. The van der Waals surface area contributed by atoms with E-state index >= 15 is 0 Å². The molecule has 0 aromatic heterocycles. The first kappa shape index (κ1) is 16.7. The maximum absolute atomic E-state index is 11.9. The van der Waals surface area contributed by atoms with Crippen molar-refractivity contribution in [1.29, 1.82) is 0 Å². The molecule has 0 saturated carbocycles. The number of unbranched alkanes of at least 4 members (excludes halogenated alkanes) is 3. The SMILES string of the molecule is CCCCCCC(C(=O)OO)c1ccccc1C(C)C. The van der Waals surface area contributed by atoms with E-state index in [1.165, 1.54) is 6.42 Å². The second-order valence-corrected chi connectivity index (χ2v) is 5.60. The number of benzene rings is 1. The number of hydrogen-bond acceptors (Lipinski definition) is 3. The van der Waals surface area contributed by atoms with Gasteiger partial charge in [0.05, 0.1) is 5.92 Å². The molecule has 112 valence electrons. The lowest BCUT2D eigenvalue weighted by Crippen LogP contribution is -2.16. The summed E-state index contributed by atoms with van der Waals surface area (Å²) in [7, 11) is 0. The van der Waals surface area contributed by atoms with Gasteiger partial charge >= 0.3 is 5.97 Å². The number of carbonyl (C=O) groups excluding carboxylic acids is 1. The van der Waals surface area contributed by atoms with Crippen LogP contribution in [0.4, 0.5) is 0 Å². The first-order chi connectivity index (χ1) is 9.61. The molecule has 0 saturated heterocycles. The van der Waals surface area contributed by atoms with Gasteiger partial charge in [-0.1, -0.05) is 70.7 Å². The zero-order valence-corrected chi connectivity index (χ0v) is 12.8. The van der Waals surface area contributed by atoms with Crippen molar-refractivity contribution in [3.05, 3.63) is 35.4 Å². The Hall–Kier alpha value is -1.35. The van der Waals surface area contributed by atoms with E-state index in [-0.39, 0.29) is 5.92 Å². The molecular weight excluding hydrogens is 252 g/mol. The van der Waals surface area contributed by atoms with Crippen LogP contribution in [0.25, 0.3) is 0 Å². The summed E-state index contributed by atoms with van der Waals surface area (Å²) in [6.07, 6.45) is 5.14. The molecule has 0 bridgehead atoms. The summed E-state index contributed by atoms with van der Waals surface area (Å²) in [5.74, 6) is -0.569. The monoisotopic (exact) mass is 278 g/mol. The van der Waals surface area contributed by atoms with Crippen molar-refractivity contribution in [2.45, 2.75) is 64.7 Å². The van der Waals surface area contributed by atoms with Gasteiger partial charge in [-0.25, -0.2) is 4.79 Å². The van der Waals surface area contributed by atoms with E-state index in [4.69, 9.17) is 5.26 Å². The predicted molar refractivity (Wildman–Crippen MR) is 80.8 cm³/mol. The summed E-state index contributed by atoms with van der Waals surface area (Å²) in [5.41, 5.74) is 2.14. The lowest BCUT2D eigenvalue weighted by atomic mass is 9.86. The highest BCUT2D eigenvalue weighted by molar-refractivity contribution is 5.78. The first-order valence-electron chi connectivity index (χ1n) is 7.55. The van der Waals surface area contributed by atoms with Crippen LogP contribution in [0.1, 0.15) is 75.8 Å². The maximum Gasteiger partial charge on any atom is 0.349 e. The Morgan fingerprint density at radius 3 is 2.35 bits per heavy atom. The Morgan fingerprint density at radius 2 is 1.80 bits per heavy atom. The van der Waals surface area contributed by atoms with Crippen LogP contribution in [-0.4, -0.2) is 11.2 Å². The normalized spacial score (nSPS) is 12.4. The molecule has 20 heavy (non-hydrogen) atoms. The van der Waals surface area contributed by atoms with E-state index in [0.717, 1.165) is 36.8 Å². The highest BCUT2D eigenvalue weighted by Gasteiger charge is 2.25. The standard InChI is InChI=1S/C17H26O3/c1-4-5-6-7-12-16(17(18)20-19)15-11-9-8-10-14(15)13(2)3/h8-11,13,16,19H,4-7,12H2,1-3H3. The molecule has 3 nitrogen and oxygen atoms in total. The molecule has 1 aromatic rings. The number of rotatable bonds is 8.